The van der Waals surface area contributed by atoms with Crippen LogP contribution in [-0.4, -0.2) is 28.6 Å². The number of hydrogen-bond donors (Lipinski definition) is 1. The summed E-state index contributed by atoms with van der Waals surface area (Å²) in [7, 11) is 0. The maximum atomic E-state index is 11.4. The lowest BCUT2D eigenvalue weighted by molar-refractivity contribution is -0.0313. The molecule has 1 heterocycles. The standard InChI is InChI=1S/C15H14ClNO4S/c1-3-17(15(19)20)21-12-8-10(4-5-11(12)16)14-7-6-13(22-14)9(2)18/h4-8H,3H2,1-2H3,(H,19,20). The Balaban J connectivity index is 2.33. The zero-order valence-electron chi connectivity index (χ0n) is 12.0. The molecule has 0 unspecified atom stereocenters. The fourth-order valence-electron chi connectivity index (χ4n) is 1.77. The molecule has 7 heteroatoms. The van der Waals surface area contributed by atoms with Crippen LogP contribution in [0.4, 0.5) is 4.79 Å². The van der Waals surface area contributed by atoms with Gasteiger partial charge < -0.3 is 9.94 Å². The van der Waals surface area contributed by atoms with E-state index in [1.807, 2.05) is 6.07 Å². The number of hydrogen-bond acceptors (Lipinski definition) is 4. The lowest BCUT2D eigenvalue weighted by atomic mass is 10.2. The van der Waals surface area contributed by atoms with Crippen molar-refractivity contribution in [3.8, 4) is 16.2 Å². The second-order valence-electron chi connectivity index (χ2n) is 4.43. The SMILES string of the molecule is CCN(Oc1cc(-c2ccc(C(C)=O)s2)ccc1Cl)C(=O)O. The summed E-state index contributed by atoms with van der Waals surface area (Å²) in [5.74, 6) is 0.255. The molecule has 0 radical (unpaired) electrons. The first kappa shape index (κ1) is 16.3. The normalized spacial score (nSPS) is 10.3. The summed E-state index contributed by atoms with van der Waals surface area (Å²) in [5, 5.41) is 10.1. The van der Waals surface area contributed by atoms with Crippen molar-refractivity contribution in [1.82, 2.24) is 5.06 Å². The van der Waals surface area contributed by atoms with Crippen molar-refractivity contribution < 1.29 is 19.5 Å². The maximum absolute atomic E-state index is 11.4. The summed E-state index contributed by atoms with van der Waals surface area (Å²) >= 11 is 7.41. The summed E-state index contributed by atoms with van der Waals surface area (Å²) in [6.45, 7) is 3.34. The van der Waals surface area contributed by atoms with Crippen molar-refractivity contribution in [2.75, 3.05) is 6.54 Å². The van der Waals surface area contributed by atoms with E-state index >= 15 is 0 Å². The molecule has 1 aromatic heterocycles. The number of carboxylic acid groups (broad SMARTS) is 1. The Bertz CT molecular complexity index is 713. The van der Waals surface area contributed by atoms with Gasteiger partial charge in [-0.15, -0.1) is 16.4 Å². The van der Waals surface area contributed by atoms with Gasteiger partial charge in [0, 0.05) is 4.88 Å². The van der Waals surface area contributed by atoms with Crippen LogP contribution >= 0.6 is 22.9 Å². The number of benzene rings is 1. The molecule has 0 aliphatic carbocycles. The average Bonchev–Trinajstić information content (AvgIpc) is 2.96. The fraction of sp³-hybridized carbons (Fsp3) is 0.200. The molecule has 1 aromatic carbocycles. The van der Waals surface area contributed by atoms with E-state index in [4.69, 9.17) is 21.5 Å². The van der Waals surface area contributed by atoms with Gasteiger partial charge in [0.25, 0.3) is 0 Å². The van der Waals surface area contributed by atoms with Crippen LogP contribution < -0.4 is 4.84 Å². The topological polar surface area (TPSA) is 66.8 Å². The van der Waals surface area contributed by atoms with E-state index in [-0.39, 0.29) is 18.1 Å². The Morgan fingerprint density at radius 3 is 2.59 bits per heavy atom. The molecule has 2 rings (SSSR count). The molecule has 1 N–H and O–H groups in total. The summed E-state index contributed by atoms with van der Waals surface area (Å²) in [6, 6.07) is 8.68. The Kier molecular flexibility index (Phi) is 5.05. The highest BCUT2D eigenvalue weighted by Crippen LogP contribution is 2.34. The molecule has 0 saturated heterocycles. The molecule has 0 aliphatic rings. The zero-order chi connectivity index (χ0) is 16.3. The Labute approximate surface area is 136 Å². The van der Waals surface area contributed by atoms with Crippen LogP contribution in [0.25, 0.3) is 10.4 Å². The number of amides is 1. The number of Topliss-reactive ketones (excluding diaryl/α,β-unsaturated/α-hetero) is 1. The van der Waals surface area contributed by atoms with Gasteiger partial charge in [0.05, 0.1) is 16.4 Å². The van der Waals surface area contributed by atoms with E-state index < -0.39 is 6.09 Å². The van der Waals surface area contributed by atoms with Gasteiger partial charge in [-0.3, -0.25) is 4.79 Å². The third-order valence-corrected chi connectivity index (χ3v) is 4.43. The third kappa shape index (κ3) is 3.58. The lowest BCUT2D eigenvalue weighted by Crippen LogP contribution is -2.32. The van der Waals surface area contributed by atoms with Crippen LogP contribution in [-0.2, 0) is 0 Å². The number of ketones is 1. The van der Waals surface area contributed by atoms with Gasteiger partial charge in [-0.1, -0.05) is 17.7 Å². The van der Waals surface area contributed by atoms with Crippen molar-refractivity contribution in [2.45, 2.75) is 13.8 Å². The molecular weight excluding hydrogens is 326 g/mol. The van der Waals surface area contributed by atoms with E-state index in [0.717, 1.165) is 15.5 Å². The van der Waals surface area contributed by atoms with Crippen LogP contribution in [0.3, 0.4) is 0 Å². The van der Waals surface area contributed by atoms with E-state index in [2.05, 4.69) is 0 Å². The summed E-state index contributed by atoms with van der Waals surface area (Å²) < 4.78 is 0. The molecule has 2 aromatic rings. The molecule has 22 heavy (non-hydrogen) atoms. The molecule has 0 saturated carbocycles. The minimum absolute atomic E-state index is 0.00437. The first-order chi connectivity index (χ1) is 10.4. The molecule has 5 nitrogen and oxygen atoms in total. The Morgan fingerprint density at radius 1 is 1.32 bits per heavy atom. The van der Waals surface area contributed by atoms with Crippen LogP contribution in [0.15, 0.2) is 30.3 Å². The van der Waals surface area contributed by atoms with Crippen molar-refractivity contribution in [3.63, 3.8) is 0 Å². The predicted octanol–water partition coefficient (Wildman–Crippen LogP) is 4.56. The van der Waals surface area contributed by atoms with Gasteiger partial charge in [0.15, 0.2) is 11.5 Å². The van der Waals surface area contributed by atoms with Gasteiger partial charge in [-0.2, -0.15) is 0 Å². The quantitative estimate of drug-likeness (QED) is 0.640. The summed E-state index contributed by atoms with van der Waals surface area (Å²) in [5.41, 5.74) is 0.804. The molecule has 0 spiro atoms. The minimum Gasteiger partial charge on any atom is -0.463 e. The number of carbonyl (C=O) groups is 2. The fourth-order valence-corrected chi connectivity index (χ4v) is 2.82. The van der Waals surface area contributed by atoms with Crippen molar-refractivity contribution in [2.24, 2.45) is 0 Å². The monoisotopic (exact) mass is 339 g/mol. The van der Waals surface area contributed by atoms with Crippen LogP contribution in [0.1, 0.15) is 23.5 Å². The van der Waals surface area contributed by atoms with E-state index in [0.29, 0.717) is 9.90 Å². The second-order valence-corrected chi connectivity index (χ2v) is 5.92. The smallest absolute Gasteiger partial charge is 0.440 e. The zero-order valence-corrected chi connectivity index (χ0v) is 13.6. The predicted molar refractivity (Wildman–Crippen MR) is 85.8 cm³/mol. The molecule has 0 aliphatic heterocycles. The van der Waals surface area contributed by atoms with Gasteiger partial charge in [-0.05, 0) is 43.7 Å². The second kappa shape index (κ2) is 6.81. The molecular formula is C15H14ClNO4S. The van der Waals surface area contributed by atoms with Crippen molar-refractivity contribution in [3.05, 3.63) is 40.2 Å². The number of nitrogens with zero attached hydrogens (tertiary/aromatic N) is 1. The maximum Gasteiger partial charge on any atom is 0.440 e. The number of halogens is 1. The van der Waals surface area contributed by atoms with E-state index in [1.165, 1.54) is 18.3 Å². The molecule has 0 bridgehead atoms. The lowest BCUT2D eigenvalue weighted by Gasteiger charge is -2.18. The Hall–Kier alpha value is -2.05. The highest BCUT2D eigenvalue weighted by Gasteiger charge is 2.15. The van der Waals surface area contributed by atoms with Crippen LogP contribution in [0.2, 0.25) is 5.02 Å². The number of rotatable bonds is 5. The molecule has 116 valence electrons. The van der Waals surface area contributed by atoms with E-state index in [1.54, 1.807) is 31.2 Å². The average molecular weight is 340 g/mol. The van der Waals surface area contributed by atoms with Gasteiger partial charge in [0.1, 0.15) is 0 Å². The number of hydroxylamine groups is 2. The van der Waals surface area contributed by atoms with Gasteiger partial charge >= 0.3 is 6.09 Å². The first-order valence-electron chi connectivity index (χ1n) is 6.51. The van der Waals surface area contributed by atoms with Crippen LogP contribution in [0.5, 0.6) is 5.75 Å². The summed E-state index contributed by atoms with van der Waals surface area (Å²) in [6.07, 6.45) is -1.20. The highest BCUT2D eigenvalue weighted by molar-refractivity contribution is 7.17. The third-order valence-electron chi connectivity index (χ3n) is 2.88. The number of carbonyl (C=O) groups excluding carboxylic acids is 1. The summed E-state index contributed by atoms with van der Waals surface area (Å²) in [4.78, 5) is 29.2. The molecule has 0 fully saturated rings. The molecule has 0 atom stereocenters. The minimum atomic E-state index is -1.20. The van der Waals surface area contributed by atoms with Crippen molar-refractivity contribution in [1.29, 1.82) is 0 Å². The van der Waals surface area contributed by atoms with Gasteiger partial charge in [-0.25, -0.2) is 4.79 Å². The molecule has 1 amide bonds. The first-order valence-corrected chi connectivity index (χ1v) is 7.71. The number of thiophene rings is 1. The highest BCUT2D eigenvalue weighted by atomic mass is 35.5. The van der Waals surface area contributed by atoms with Crippen LogP contribution in [0, 0.1) is 0 Å². The largest absolute Gasteiger partial charge is 0.463 e. The van der Waals surface area contributed by atoms with Crippen molar-refractivity contribution >= 4 is 34.8 Å². The van der Waals surface area contributed by atoms with Gasteiger partial charge in [0.2, 0.25) is 0 Å². The van der Waals surface area contributed by atoms with E-state index in [9.17, 15) is 9.59 Å². The Morgan fingerprint density at radius 2 is 2.05 bits per heavy atom.